The van der Waals surface area contributed by atoms with Gasteiger partial charge in [0.05, 0.1) is 11.1 Å². The summed E-state index contributed by atoms with van der Waals surface area (Å²) >= 11 is 0. The van der Waals surface area contributed by atoms with E-state index in [2.05, 4.69) is 15.2 Å². The Morgan fingerprint density at radius 1 is 1.10 bits per heavy atom. The topological polar surface area (TPSA) is 28.2 Å². The molecule has 0 amide bonds. The summed E-state index contributed by atoms with van der Waals surface area (Å²) in [4.78, 5) is 6.04. The molecule has 3 rings (SSSR count). The molecule has 21 heavy (non-hydrogen) atoms. The van der Waals surface area contributed by atoms with Crippen LogP contribution in [0.5, 0.6) is 0 Å². The molecule has 2 aromatic rings. The predicted octanol–water partition coefficient (Wildman–Crippen LogP) is 3.09. The quantitative estimate of drug-likeness (QED) is 0.876. The number of para-hydroxylation sites is 1. The molecule has 0 saturated carbocycles. The fourth-order valence-corrected chi connectivity index (χ4v) is 2.57. The van der Waals surface area contributed by atoms with Crippen molar-refractivity contribution in [3.05, 3.63) is 36.0 Å². The van der Waals surface area contributed by atoms with Crippen LogP contribution in [0.25, 0.3) is 10.9 Å². The predicted molar refractivity (Wildman–Crippen MR) is 79.1 cm³/mol. The average Bonchev–Trinajstić information content (AvgIpc) is 2.46. The third-order valence-corrected chi connectivity index (χ3v) is 3.51. The lowest BCUT2D eigenvalue weighted by atomic mass is 10.1. The van der Waals surface area contributed by atoms with Crippen LogP contribution in [0, 0.1) is 0 Å². The Labute approximate surface area is 126 Å². The van der Waals surface area contributed by atoms with Crippen LogP contribution in [-0.4, -0.2) is 31.2 Å². The van der Waals surface area contributed by atoms with Gasteiger partial charge in [-0.1, -0.05) is 12.1 Å². The summed E-state index contributed by atoms with van der Waals surface area (Å²) in [7, 11) is 0. The van der Waals surface area contributed by atoms with Gasteiger partial charge in [-0.25, -0.2) is 0 Å². The Morgan fingerprint density at radius 2 is 1.81 bits per heavy atom. The molecule has 0 unspecified atom stereocenters. The standard InChI is InChI=1S/C14H14F3N3.ClH/c15-14(16,17)11-3-1-2-10-12(4-5-19-13(10)11)20-8-6-18-7-9-20;/h1-5,18H,6-9H2;1H. The van der Waals surface area contributed by atoms with Crippen LogP contribution in [0.3, 0.4) is 0 Å². The number of rotatable bonds is 1. The highest BCUT2D eigenvalue weighted by Crippen LogP contribution is 2.36. The Morgan fingerprint density at radius 3 is 2.48 bits per heavy atom. The highest BCUT2D eigenvalue weighted by molar-refractivity contribution is 5.93. The number of nitrogens with one attached hydrogen (secondary N) is 1. The van der Waals surface area contributed by atoms with Gasteiger partial charge in [0, 0.05) is 43.4 Å². The van der Waals surface area contributed by atoms with E-state index in [1.165, 1.54) is 12.3 Å². The number of piperazine rings is 1. The first-order valence-corrected chi connectivity index (χ1v) is 6.48. The van der Waals surface area contributed by atoms with Crippen molar-refractivity contribution in [3.63, 3.8) is 0 Å². The highest BCUT2D eigenvalue weighted by atomic mass is 35.5. The monoisotopic (exact) mass is 317 g/mol. The van der Waals surface area contributed by atoms with Crippen molar-refractivity contribution in [2.45, 2.75) is 6.18 Å². The average molecular weight is 318 g/mol. The minimum absolute atomic E-state index is 0. The second-order valence-electron chi connectivity index (χ2n) is 4.77. The minimum Gasteiger partial charge on any atom is -0.368 e. The molecule has 1 fully saturated rings. The van der Waals surface area contributed by atoms with E-state index >= 15 is 0 Å². The van der Waals surface area contributed by atoms with Gasteiger partial charge in [0.25, 0.3) is 0 Å². The summed E-state index contributed by atoms with van der Waals surface area (Å²) in [5.41, 5.74) is 0.172. The lowest BCUT2D eigenvalue weighted by Crippen LogP contribution is -2.43. The zero-order valence-corrected chi connectivity index (χ0v) is 12.0. The molecule has 3 nitrogen and oxygen atoms in total. The van der Waals surface area contributed by atoms with E-state index in [4.69, 9.17) is 0 Å². The molecular formula is C14H15ClF3N3. The Bertz CT molecular complexity index is 624. The third-order valence-electron chi connectivity index (χ3n) is 3.51. The van der Waals surface area contributed by atoms with Crippen molar-refractivity contribution in [3.8, 4) is 0 Å². The fourth-order valence-electron chi connectivity index (χ4n) is 2.57. The zero-order valence-electron chi connectivity index (χ0n) is 11.2. The summed E-state index contributed by atoms with van der Waals surface area (Å²) in [6.07, 6.45) is -2.93. The van der Waals surface area contributed by atoms with Crippen LogP contribution in [0.15, 0.2) is 30.5 Å². The normalized spacial score (nSPS) is 15.9. The van der Waals surface area contributed by atoms with Gasteiger partial charge in [0.2, 0.25) is 0 Å². The first-order chi connectivity index (χ1) is 9.57. The molecule has 1 aromatic carbocycles. The fraction of sp³-hybridized carbons (Fsp3) is 0.357. The molecule has 2 heterocycles. The molecule has 1 N–H and O–H groups in total. The summed E-state index contributed by atoms with van der Waals surface area (Å²) in [6.45, 7) is 3.25. The number of pyridine rings is 1. The Kier molecular flexibility index (Phi) is 4.58. The van der Waals surface area contributed by atoms with E-state index in [9.17, 15) is 13.2 Å². The van der Waals surface area contributed by atoms with Crippen molar-refractivity contribution in [1.82, 2.24) is 10.3 Å². The largest absolute Gasteiger partial charge is 0.418 e. The molecular weight excluding hydrogens is 303 g/mol. The van der Waals surface area contributed by atoms with Gasteiger partial charge in [-0.05, 0) is 12.1 Å². The molecule has 114 valence electrons. The molecule has 1 aromatic heterocycles. The first kappa shape index (κ1) is 15.9. The van der Waals surface area contributed by atoms with Crippen LogP contribution < -0.4 is 10.2 Å². The molecule has 1 aliphatic heterocycles. The van der Waals surface area contributed by atoms with Crippen molar-refractivity contribution in [2.75, 3.05) is 31.1 Å². The number of halogens is 4. The number of benzene rings is 1. The number of anilines is 1. The van der Waals surface area contributed by atoms with Crippen LogP contribution in [0.2, 0.25) is 0 Å². The van der Waals surface area contributed by atoms with Crippen LogP contribution in [-0.2, 0) is 6.18 Å². The maximum atomic E-state index is 13.0. The number of fused-ring (bicyclic) bond motifs is 1. The van der Waals surface area contributed by atoms with Gasteiger partial charge in [-0.15, -0.1) is 12.4 Å². The summed E-state index contributed by atoms with van der Waals surface area (Å²) in [5.74, 6) is 0. The molecule has 1 saturated heterocycles. The molecule has 7 heteroatoms. The third kappa shape index (κ3) is 3.06. The van der Waals surface area contributed by atoms with E-state index in [1.807, 2.05) is 0 Å². The Balaban J connectivity index is 0.00000161. The molecule has 0 spiro atoms. The highest BCUT2D eigenvalue weighted by Gasteiger charge is 2.33. The van der Waals surface area contributed by atoms with Crippen molar-refractivity contribution in [2.24, 2.45) is 0 Å². The van der Waals surface area contributed by atoms with Gasteiger partial charge in [0.1, 0.15) is 0 Å². The zero-order chi connectivity index (χ0) is 14.2. The number of aromatic nitrogens is 1. The van der Waals surface area contributed by atoms with Gasteiger partial charge >= 0.3 is 6.18 Å². The summed E-state index contributed by atoms with van der Waals surface area (Å²) < 4.78 is 39.1. The Hall–Kier alpha value is -1.53. The smallest absolute Gasteiger partial charge is 0.368 e. The SMILES string of the molecule is Cl.FC(F)(F)c1cccc2c(N3CCNCC3)ccnc12. The van der Waals surface area contributed by atoms with Gasteiger partial charge in [-0.2, -0.15) is 13.2 Å². The van der Waals surface area contributed by atoms with Crippen LogP contribution in [0.1, 0.15) is 5.56 Å². The van der Waals surface area contributed by atoms with Crippen molar-refractivity contribution in [1.29, 1.82) is 0 Å². The second-order valence-corrected chi connectivity index (χ2v) is 4.77. The van der Waals surface area contributed by atoms with E-state index in [1.54, 1.807) is 12.1 Å². The van der Waals surface area contributed by atoms with E-state index in [0.29, 0.717) is 5.39 Å². The summed E-state index contributed by atoms with van der Waals surface area (Å²) in [5, 5.41) is 3.79. The van der Waals surface area contributed by atoms with Crippen LogP contribution >= 0.6 is 12.4 Å². The van der Waals surface area contributed by atoms with Gasteiger partial charge < -0.3 is 10.2 Å². The number of hydrogen-bond donors (Lipinski definition) is 1. The van der Waals surface area contributed by atoms with E-state index in [-0.39, 0.29) is 17.9 Å². The number of alkyl halides is 3. The maximum Gasteiger partial charge on any atom is 0.418 e. The van der Waals surface area contributed by atoms with Crippen LogP contribution in [0.4, 0.5) is 18.9 Å². The lowest BCUT2D eigenvalue weighted by Gasteiger charge is -2.30. The van der Waals surface area contributed by atoms with E-state index < -0.39 is 11.7 Å². The number of nitrogens with zero attached hydrogens (tertiary/aromatic N) is 2. The van der Waals surface area contributed by atoms with E-state index in [0.717, 1.165) is 37.9 Å². The lowest BCUT2D eigenvalue weighted by molar-refractivity contribution is -0.136. The molecule has 0 bridgehead atoms. The van der Waals surface area contributed by atoms with Gasteiger partial charge in [0.15, 0.2) is 0 Å². The second kappa shape index (κ2) is 6.07. The van der Waals surface area contributed by atoms with Crippen molar-refractivity contribution >= 4 is 29.0 Å². The maximum absolute atomic E-state index is 13.0. The molecule has 0 radical (unpaired) electrons. The minimum atomic E-state index is -4.38. The number of hydrogen-bond acceptors (Lipinski definition) is 3. The van der Waals surface area contributed by atoms with Crippen molar-refractivity contribution < 1.29 is 13.2 Å². The summed E-state index contributed by atoms with van der Waals surface area (Å²) in [6, 6.07) is 6.01. The first-order valence-electron chi connectivity index (χ1n) is 6.48. The van der Waals surface area contributed by atoms with Gasteiger partial charge in [-0.3, -0.25) is 4.98 Å². The molecule has 1 aliphatic rings. The molecule has 0 atom stereocenters. The molecule has 0 aliphatic carbocycles.